The summed E-state index contributed by atoms with van der Waals surface area (Å²) in [6, 6.07) is 14.4. The van der Waals surface area contributed by atoms with Crippen LogP contribution in [-0.4, -0.2) is 14.8 Å². The van der Waals surface area contributed by atoms with Crippen molar-refractivity contribution in [2.24, 2.45) is 0 Å². The van der Waals surface area contributed by atoms with Crippen LogP contribution < -0.4 is 0 Å². The van der Waals surface area contributed by atoms with Gasteiger partial charge in [-0.05, 0) is 29.9 Å². The summed E-state index contributed by atoms with van der Waals surface area (Å²) in [5.74, 6) is 0.306. The van der Waals surface area contributed by atoms with Crippen LogP contribution >= 0.6 is 23.8 Å². The fraction of sp³-hybridized carbons (Fsp3) is 0.0667. The van der Waals surface area contributed by atoms with E-state index in [4.69, 9.17) is 23.8 Å². The first-order valence-electron chi connectivity index (χ1n) is 6.30. The van der Waals surface area contributed by atoms with Crippen molar-refractivity contribution in [3.63, 3.8) is 0 Å². The van der Waals surface area contributed by atoms with Gasteiger partial charge in [0.2, 0.25) is 0 Å². The minimum absolute atomic E-state index is 0.101. The van der Waals surface area contributed by atoms with Crippen molar-refractivity contribution in [2.75, 3.05) is 0 Å². The van der Waals surface area contributed by atoms with E-state index in [0.717, 1.165) is 17.0 Å². The lowest BCUT2D eigenvalue weighted by Gasteiger charge is -2.07. The van der Waals surface area contributed by atoms with Crippen LogP contribution in [0.4, 0.5) is 4.39 Å². The maximum absolute atomic E-state index is 13.2. The fourth-order valence-electron chi connectivity index (χ4n) is 2.09. The molecule has 21 heavy (non-hydrogen) atoms. The van der Waals surface area contributed by atoms with Crippen molar-refractivity contribution in [1.29, 1.82) is 0 Å². The average molecular weight is 320 g/mol. The average Bonchev–Trinajstić information content (AvgIpc) is 2.85. The second-order valence-corrected chi connectivity index (χ2v) is 5.35. The summed E-state index contributed by atoms with van der Waals surface area (Å²) in [5.41, 5.74) is 1.81. The van der Waals surface area contributed by atoms with E-state index in [9.17, 15) is 4.39 Å². The monoisotopic (exact) mass is 319 g/mol. The molecule has 0 aliphatic rings. The molecule has 0 spiro atoms. The number of rotatable bonds is 3. The van der Waals surface area contributed by atoms with E-state index >= 15 is 0 Å². The Labute approximate surface area is 131 Å². The number of aromatic nitrogens is 3. The van der Waals surface area contributed by atoms with Crippen molar-refractivity contribution in [3.8, 4) is 11.4 Å². The van der Waals surface area contributed by atoms with Crippen molar-refractivity contribution in [3.05, 3.63) is 69.7 Å². The van der Waals surface area contributed by atoms with E-state index in [-0.39, 0.29) is 5.02 Å². The highest BCUT2D eigenvalue weighted by molar-refractivity contribution is 7.71. The highest BCUT2D eigenvalue weighted by Crippen LogP contribution is 2.20. The van der Waals surface area contributed by atoms with Crippen LogP contribution in [0.2, 0.25) is 5.02 Å². The number of aromatic amines is 1. The summed E-state index contributed by atoms with van der Waals surface area (Å²) >= 11 is 11.1. The smallest absolute Gasteiger partial charge is 0.195 e. The molecule has 0 fully saturated rings. The molecule has 0 aliphatic heterocycles. The largest absolute Gasteiger partial charge is 0.296 e. The molecular formula is C15H11ClFN3S. The second-order valence-electron chi connectivity index (χ2n) is 4.55. The Morgan fingerprint density at radius 1 is 1.19 bits per heavy atom. The Hall–Kier alpha value is -1.98. The van der Waals surface area contributed by atoms with Gasteiger partial charge in [-0.1, -0.05) is 48.0 Å². The van der Waals surface area contributed by atoms with Crippen LogP contribution in [0.5, 0.6) is 0 Å². The fourth-order valence-corrected chi connectivity index (χ4v) is 2.49. The molecule has 0 saturated heterocycles. The first kappa shape index (κ1) is 14.0. The van der Waals surface area contributed by atoms with Crippen LogP contribution in [0.1, 0.15) is 5.56 Å². The lowest BCUT2D eigenvalue weighted by atomic mass is 10.2. The summed E-state index contributed by atoms with van der Waals surface area (Å²) in [6.07, 6.45) is 0. The Balaban J connectivity index is 2.01. The predicted molar refractivity (Wildman–Crippen MR) is 83.4 cm³/mol. The Morgan fingerprint density at radius 2 is 1.95 bits per heavy atom. The third-order valence-corrected chi connectivity index (χ3v) is 3.72. The molecule has 0 aliphatic carbocycles. The first-order chi connectivity index (χ1) is 10.1. The van der Waals surface area contributed by atoms with Gasteiger partial charge in [0.1, 0.15) is 5.82 Å². The standard InChI is InChI=1S/C15H11ClFN3S/c16-12-8-10(6-7-13(12)17)9-20-14(18-19-15(20)21)11-4-2-1-3-5-11/h1-8H,9H2,(H,19,21). The molecule has 0 amide bonds. The molecule has 0 atom stereocenters. The summed E-state index contributed by atoms with van der Waals surface area (Å²) in [5, 5.41) is 7.15. The van der Waals surface area contributed by atoms with Gasteiger partial charge in [0, 0.05) is 5.56 Å². The zero-order valence-corrected chi connectivity index (χ0v) is 12.5. The molecule has 0 radical (unpaired) electrons. The molecule has 106 valence electrons. The van der Waals surface area contributed by atoms with Gasteiger partial charge in [0.15, 0.2) is 10.6 Å². The quantitative estimate of drug-likeness (QED) is 0.724. The van der Waals surface area contributed by atoms with Crippen LogP contribution in [-0.2, 0) is 6.54 Å². The third kappa shape index (κ3) is 2.89. The number of benzene rings is 2. The van der Waals surface area contributed by atoms with Gasteiger partial charge in [0.25, 0.3) is 0 Å². The molecule has 3 rings (SSSR count). The van der Waals surface area contributed by atoms with E-state index in [1.54, 1.807) is 12.1 Å². The summed E-state index contributed by atoms with van der Waals surface area (Å²) in [7, 11) is 0. The van der Waals surface area contributed by atoms with E-state index in [2.05, 4.69) is 10.2 Å². The Morgan fingerprint density at radius 3 is 2.67 bits per heavy atom. The molecule has 1 heterocycles. The summed E-state index contributed by atoms with van der Waals surface area (Å²) in [6.45, 7) is 0.472. The lowest BCUT2D eigenvalue weighted by molar-refractivity contribution is 0.626. The second kappa shape index (κ2) is 5.79. The third-order valence-electron chi connectivity index (χ3n) is 3.11. The molecule has 0 saturated carbocycles. The lowest BCUT2D eigenvalue weighted by Crippen LogP contribution is -2.02. The molecule has 0 bridgehead atoms. The molecule has 0 unspecified atom stereocenters. The maximum Gasteiger partial charge on any atom is 0.195 e. The number of hydrogen-bond acceptors (Lipinski definition) is 2. The van der Waals surface area contributed by atoms with E-state index < -0.39 is 5.82 Å². The van der Waals surface area contributed by atoms with E-state index in [1.807, 2.05) is 34.9 Å². The number of hydrogen-bond donors (Lipinski definition) is 1. The van der Waals surface area contributed by atoms with Crippen LogP contribution in [0.3, 0.4) is 0 Å². The summed E-state index contributed by atoms with van der Waals surface area (Å²) in [4.78, 5) is 0. The van der Waals surface area contributed by atoms with Gasteiger partial charge in [-0.25, -0.2) is 4.39 Å². The van der Waals surface area contributed by atoms with Gasteiger partial charge in [0.05, 0.1) is 11.6 Å². The molecule has 2 aromatic carbocycles. The molecule has 6 heteroatoms. The van der Waals surface area contributed by atoms with Gasteiger partial charge < -0.3 is 0 Å². The van der Waals surface area contributed by atoms with Crippen LogP contribution in [0.25, 0.3) is 11.4 Å². The summed E-state index contributed by atoms with van der Waals surface area (Å²) < 4.78 is 15.6. The SMILES string of the molecule is Fc1ccc(Cn2c(-c3ccccc3)n[nH]c2=S)cc1Cl. The van der Waals surface area contributed by atoms with E-state index in [1.165, 1.54) is 6.07 Å². The van der Waals surface area contributed by atoms with Crippen molar-refractivity contribution >= 4 is 23.8 Å². The van der Waals surface area contributed by atoms with E-state index in [0.29, 0.717) is 11.3 Å². The molecular weight excluding hydrogens is 309 g/mol. The zero-order chi connectivity index (χ0) is 14.8. The number of H-pyrrole nitrogens is 1. The minimum Gasteiger partial charge on any atom is -0.296 e. The molecule has 3 nitrogen and oxygen atoms in total. The van der Waals surface area contributed by atoms with Crippen molar-refractivity contribution < 1.29 is 4.39 Å². The normalized spacial score (nSPS) is 10.8. The molecule has 1 N–H and O–H groups in total. The van der Waals surface area contributed by atoms with Gasteiger partial charge >= 0.3 is 0 Å². The maximum atomic E-state index is 13.2. The number of halogens is 2. The zero-order valence-electron chi connectivity index (χ0n) is 10.9. The van der Waals surface area contributed by atoms with Gasteiger partial charge in [-0.15, -0.1) is 0 Å². The highest BCUT2D eigenvalue weighted by Gasteiger charge is 2.10. The Kier molecular flexibility index (Phi) is 3.86. The Bertz CT molecular complexity index is 826. The van der Waals surface area contributed by atoms with Crippen molar-refractivity contribution in [1.82, 2.24) is 14.8 Å². The van der Waals surface area contributed by atoms with Gasteiger partial charge in [-0.3, -0.25) is 9.67 Å². The van der Waals surface area contributed by atoms with Crippen LogP contribution in [0.15, 0.2) is 48.5 Å². The van der Waals surface area contributed by atoms with Gasteiger partial charge in [-0.2, -0.15) is 5.10 Å². The molecule has 3 aromatic rings. The minimum atomic E-state index is -0.431. The predicted octanol–water partition coefficient (Wildman–Crippen LogP) is 4.45. The number of nitrogens with one attached hydrogen (secondary N) is 1. The first-order valence-corrected chi connectivity index (χ1v) is 7.08. The highest BCUT2D eigenvalue weighted by atomic mass is 35.5. The van der Waals surface area contributed by atoms with Crippen molar-refractivity contribution in [2.45, 2.75) is 6.54 Å². The topological polar surface area (TPSA) is 33.6 Å². The number of nitrogens with zero attached hydrogens (tertiary/aromatic N) is 2. The molecule has 1 aromatic heterocycles. The van der Waals surface area contributed by atoms with Crippen LogP contribution in [0, 0.1) is 10.6 Å².